The van der Waals surface area contributed by atoms with Gasteiger partial charge in [-0.3, -0.25) is 10.1 Å². The highest BCUT2D eigenvalue weighted by Gasteiger charge is 2.30. The summed E-state index contributed by atoms with van der Waals surface area (Å²) in [5.74, 6) is -0.246. The van der Waals surface area contributed by atoms with Gasteiger partial charge in [0.2, 0.25) is 10.0 Å². The summed E-state index contributed by atoms with van der Waals surface area (Å²) in [4.78, 5) is 17.2. The number of hydrogen-bond acceptors (Lipinski definition) is 6. The Bertz CT molecular complexity index is 1200. The van der Waals surface area contributed by atoms with Crippen molar-refractivity contribution < 1.29 is 17.9 Å². The number of aromatic nitrogens is 1. The molecule has 0 spiro atoms. The standard InChI is InChI=1S/C22H23N3O4S2/c1-3-14-4-6-15(7-5-14)18-13-30-22(23-18)24-21(26)16-8-11-19(29-2)20(12-16)31(27,28)25-17-9-10-17/h4-8,11-13,17,25H,3,9-10H2,1-2H3,(H,23,24,26). The summed E-state index contributed by atoms with van der Waals surface area (Å²) in [5.41, 5.74) is 3.20. The molecule has 2 N–H and O–H groups in total. The van der Waals surface area contributed by atoms with Crippen LogP contribution in [0.3, 0.4) is 0 Å². The molecule has 0 atom stereocenters. The first-order valence-electron chi connectivity index (χ1n) is 9.96. The third-order valence-electron chi connectivity index (χ3n) is 5.00. The van der Waals surface area contributed by atoms with E-state index in [1.54, 1.807) is 0 Å². The maximum atomic E-state index is 12.8. The van der Waals surface area contributed by atoms with Crippen LogP contribution in [-0.4, -0.2) is 32.5 Å². The highest BCUT2D eigenvalue weighted by Crippen LogP contribution is 2.29. The van der Waals surface area contributed by atoms with E-state index in [4.69, 9.17) is 4.74 Å². The summed E-state index contributed by atoms with van der Waals surface area (Å²) in [6.07, 6.45) is 2.60. The first kappa shape index (κ1) is 21.5. The van der Waals surface area contributed by atoms with Crippen LogP contribution in [0.5, 0.6) is 5.75 Å². The van der Waals surface area contributed by atoms with Gasteiger partial charge >= 0.3 is 0 Å². The molecule has 0 unspecified atom stereocenters. The van der Waals surface area contributed by atoms with E-state index < -0.39 is 15.9 Å². The van der Waals surface area contributed by atoms with Crippen LogP contribution in [0.25, 0.3) is 11.3 Å². The van der Waals surface area contributed by atoms with Crippen LogP contribution in [0.4, 0.5) is 5.13 Å². The number of carbonyl (C=O) groups excluding carboxylic acids is 1. The topological polar surface area (TPSA) is 97.4 Å². The number of benzene rings is 2. The second kappa shape index (κ2) is 8.78. The number of amides is 1. The number of sulfonamides is 1. The van der Waals surface area contributed by atoms with Gasteiger partial charge in [-0.25, -0.2) is 18.1 Å². The van der Waals surface area contributed by atoms with Crippen molar-refractivity contribution in [1.29, 1.82) is 0 Å². The third kappa shape index (κ3) is 4.95. The Morgan fingerprint density at radius 2 is 1.94 bits per heavy atom. The number of ether oxygens (including phenoxy) is 1. The number of hydrogen-bond donors (Lipinski definition) is 2. The van der Waals surface area contributed by atoms with Gasteiger partial charge in [-0.1, -0.05) is 31.2 Å². The fourth-order valence-corrected chi connectivity index (χ4v) is 5.27. The first-order chi connectivity index (χ1) is 14.9. The number of methoxy groups -OCH3 is 1. The van der Waals surface area contributed by atoms with Crippen LogP contribution in [0.15, 0.2) is 52.7 Å². The van der Waals surface area contributed by atoms with E-state index in [2.05, 4.69) is 34.1 Å². The van der Waals surface area contributed by atoms with Crippen LogP contribution in [-0.2, 0) is 16.4 Å². The van der Waals surface area contributed by atoms with Crippen molar-refractivity contribution >= 4 is 32.4 Å². The van der Waals surface area contributed by atoms with Crippen molar-refractivity contribution in [1.82, 2.24) is 9.71 Å². The molecule has 4 rings (SSSR count). The van der Waals surface area contributed by atoms with Crippen LogP contribution in [0.1, 0.15) is 35.7 Å². The Morgan fingerprint density at radius 1 is 1.19 bits per heavy atom. The van der Waals surface area contributed by atoms with E-state index in [0.717, 1.165) is 30.5 Å². The SMILES string of the molecule is CCc1ccc(-c2csc(NC(=O)c3ccc(OC)c(S(=O)(=O)NC4CC4)c3)n2)cc1. The maximum absolute atomic E-state index is 12.8. The Labute approximate surface area is 185 Å². The zero-order valence-corrected chi connectivity index (χ0v) is 18.8. The smallest absolute Gasteiger partial charge is 0.257 e. The zero-order valence-electron chi connectivity index (χ0n) is 17.2. The highest BCUT2D eigenvalue weighted by molar-refractivity contribution is 7.89. The molecular weight excluding hydrogens is 434 g/mol. The predicted octanol–water partition coefficient (Wildman–Crippen LogP) is 4.07. The number of anilines is 1. The van der Waals surface area contributed by atoms with Gasteiger partial charge in [0, 0.05) is 22.5 Å². The molecule has 1 heterocycles. The fourth-order valence-electron chi connectivity index (χ4n) is 3.06. The van der Waals surface area contributed by atoms with Crippen molar-refractivity contribution in [3.8, 4) is 17.0 Å². The second-order valence-electron chi connectivity index (χ2n) is 7.30. The first-order valence-corrected chi connectivity index (χ1v) is 12.3. The van der Waals surface area contributed by atoms with Crippen LogP contribution < -0.4 is 14.8 Å². The van der Waals surface area contributed by atoms with E-state index in [0.29, 0.717) is 5.13 Å². The fraction of sp³-hybridized carbons (Fsp3) is 0.273. The summed E-state index contributed by atoms with van der Waals surface area (Å²) >= 11 is 1.31. The van der Waals surface area contributed by atoms with Gasteiger partial charge in [-0.15, -0.1) is 11.3 Å². The molecule has 2 aromatic carbocycles. The molecule has 0 aliphatic heterocycles. The van der Waals surface area contributed by atoms with E-state index in [9.17, 15) is 13.2 Å². The van der Waals surface area contributed by atoms with Gasteiger partial charge < -0.3 is 4.74 Å². The Balaban J connectivity index is 1.53. The molecule has 1 aliphatic carbocycles. The number of carbonyl (C=O) groups is 1. The molecular formula is C22H23N3O4S2. The minimum atomic E-state index is -3.77. The highest BCUT2D eigenvalue weighted by atomic mass is 32.2. The van der Waals surface area contributed by atoms with Crippen LogP contribution in [0.2, 0.25) is 0 Å². The number of thiazole rings is 1. The number of rotatable bonds is 8. The lowest BCUT2D eigenvalue weighted by Gasteiger charge is -2.12. The lowest BCUT2D eigenvalue weighted by molar-refractivity contribution is 0.102. The van der Waals surface area contributed by atoms with Gasteiger partial charge in [0.05, 0.1) is 12.8 Å². The monoisotopic (exact) mass is 457 g/mol. The summed E-state index contributed by atoms with van der Waals surface area (Å²) in [6.45, 7) is 2.10. The molecule has 0 radical (unpaired) electrons. The molecule has 0 saturated heterocycles. The molecule has 9 heteroatoms. The minimum absolute atomic E-state index is 0.0488. The zero-order chi connectivity index (χ0) is 22.0. The van der Waals surface area contributed by atoms with Gasteiger partial charge in [0.15, 0.2) is 5.13 Å². The molecule has 1 saturated carbocycles. The number of nitrogens with zero attached hydrogens (tertiary/aromatic N) is 1. The lowest BCUT2D eigenvalue weighted by atomic mass is 10.1. The average Bonchev–Trinajstić information content (AvgIpc) is 3.46. The summed E-state index contributed by atoms with van der Waals surface area (Å²) in [5, 5.41) is 5.07. The molecule has 1 amide bonds. The summed E-state index contributed by atoms with van der Waals surface area (Å²) in [6, 6.07) is 12.4. The summed E-state index contributed by atoms with van der Waals surface area (Å²) in [7, 11) is -2.38. The van der Waals surface area contributed by atoms with E-state index in [1.165, 1.54) is 42.2 Å². The van der Waals surface area contributed by atoms with Gasteiger partial charge in [0.1, 0.15) is 10.6 Å². The summed E-state index contributed by atoms with van der Waals surface area (Å²) < 4.78 is 33.1. The van der Waals surface area contributed by atoms with E-state index >= 15 is 0 Å². The molecule has 0 bridgehead atoms. The Kier molecular flexibility index (Phi) is 6.08. The third-order valence-corrected chi connectivity index (χ3v) is 7.30. The quantitative estimate of drug-likeness (QED) is 0.531. The molecule has 1 aliphatic rings. The Hall–Kier alpha value is -2.75. The van der Waals surface area contributed by atoms with Crippen LogP contribution >= 0.6 is 11.3 Å². The Morgan fingerprint density at radius 3 is 2.58 bits per heavy atom. The van der Waals surface area contributed by atoms with Crippen molar-refractivity contribution in [3.05, 3.63) is 59.0 Å². The van der Waals surface area contributed by atoms with Gasteiger partial charge in [0.25, 0.3) is 5.91 Å². The lowest BCUT2D eigenvalue weighted by Crippen LogP contribution is -2.26. The molecule has 7 nitrogen and oxygen atoms in total. The van der Waals surface area contributed by atoms with E-state index in [-0.39, 0.29) is 22.3 Å². The number of aryl methyl sites for hydroxylation is 1. The largest absolute Gasteiger partial charge is 0.495 e. The van der Waals surface area contributed by atoms with Gasteiger partial charge in [-0.2, -0.15) is 0 Å². The molecule has 1 fully saturated rings. The number of nitrogens with one attached hydrogen (secondary N) is 2. The maximum Gasteiger partial charge on any atom is 0.257 e. The normalized spacial score (nSPS) is 13.7. The molecule has 31 heavy (non-hydrogen) atoms. The predicted molar refractivity (Wildman–Crippen MR) is 121 cm³/mol. The van der Waals surface area contributed by atoms with Crippen molar-refractivity contribution in [2.75, 3.05) is 12.4 Å². The van der Waals surface area contributed by atoms with Crippen molar-refractivity contribution in [2.24, 2.45) is 0 Å². The van der Waals surface area contributed by atoms with Crippen molar-refractivity contribution in [2.45, 2.75) is 37.1 Å². The van der Waals surface area contributed by atoms with Crippen molar-refractivity contribution in [3.63, 3.8) is 0 Å². The average molecular weight is 458 g/mol. The van der Waals surface area contributed by atoms with E-state index in [1.807, 2.05) is 17.5 Å². The van der Waals surface area contributed by atoms with Gasteiger partial charge in [-0.05, 0) is 43.0 Å². The van der Waals surface area contributed by atoms with Crippen LogP contribution in [0, 0.1) is 0 Å². The second-order valence-corrected chi connectivity index (χ2v) is 9.84. The molecule has 1 aromatic heterocycles. The molecule has 162 valence electrons. The molecule has 3 aromatic rings. The minimum Gasteiger partial charge on any atom is -0.495 e.